The predicted octanol–water partition coefficient (Wildman–Crippen LogP) is 5.30. The summed E-state index contributed by atoms with van der Waals surface area (Å²) in [5.74, 6) is -0.0282. The Labute approximate surface area is 157 Å². The number of likely N-dealkylation sites (tertiary alicyclic amines) is 1. The zero-order valence-corrected chi connectivity index (χ0v) is 19.8. The van der Waals surface area contributed by atoms with Gasteiger partial charge in [0.05, 0.1) is 0 Å². The molecular formula is C20H35NO3Sn. The van der Waals surface area contributed by atoms with E-state index in [2.05, 4.69) is 24.9 Å². The third kappa shape index (κ3) is 4.42. The maximum absolute atomic E-state index is 13.1. The number of rotatable bonds is 6. The molecule has 0 aromatic rings. The molecule has 0 aromatic heterocycles. The molecule has 1 saturated heterocycles. The second-order valence-electron chi connectivity index (χ2n) is 9.12. The molecule has 1 fully saturated rings. The molecule has 0 N–H and O–H groups in total. The zero-order valence-electron chi connectivity index (χ0n) is 16.9. The molecule has 2 amide bonds. The number of unbranched alkanes of at least 4 members (excludes halogenated alkanes) is 2. The van der Waals surface area contributed by atoms with Crippen LogP contribution in [-0.2, 0) is 9.53 Å². The van der Waals surface area contributed by atoms with E-state index in [0.717, 1.165) is 4.44 Å². The average Bonchev–Trinajstić information content (AvgIpc) is 2.91. The minimum atomic E-state index is -2.42. The van der Waals surface area contributed by atoms with Gasteiger partial charge in [-0.2, -0.15) is 0 Å². The molecule has 25 heavy (non-hydrogen) atoms. The van der Waals surface area contributed by atoms with Gasteiger partial charge in [0.25, 0.3) is 0 Å². The van der Waals surface area contributed by atoms with Crippen LogP contribution in [-0.4, -0.2) is 47.4 Å². The molecule has 1 unspecified atom stereocenters. The number of hydrogen-bond donors (Lipinski definition) is 0. The molecule has 2 aliphatic rings. The fraction of sp³-hybridized carbons (Fsp3) is 0.800. The zero-order chi connectivity index (χ0) is 18.9. The van der Waals surface area contributed by atoms with Crippen LogP contribution in [0, 0.1) is 5.41 Å². The molecule has 2 aliphatic heterocycles. The van der Waals surface area contributed by atoms with E-state index >= 15 is 0 Å². The van der Waals surface area contributed by atoms with Crippen molar-refractivity contribution in [1.29, 1.82) is 0 Å². The maximum atomic E-state index is 13.1. The second-order valence-corrected chi connectivity index (χ2v) is 21.6. The normalized spacial score (nSPS) is 25.1. The fourth-order valence-electron chi connectivity index (χ4n) is 4.34. The van der Waals surface area contributed by atoms with Crippen LogP contribution in [0.3, 0.4) is 0 Å². The van der Waals surface area contributed by atoms with Gasteiger partial charge in [-0.15, -0.1) is 0 Å². The van der Waals surface area contributed by atoms with E-state index in [1.165, 1.54) is 45.0 Å². The summed E-state index contributed by atoms with van der Waals surface area (Å²) >= 11 is -2.42. The molecule has 2 rings (SSSR count). The topological polar surface area (TPSA) is 46.6 Å². The number of hydrogen-bond acceptors (Lipinski definition) is 3. The molecular weight excluding hydrogens is 421 g/mol. The summed E-state index contributed by atoms with van der Waals surface area (Å²) in [5.41, 5.74) is 0.204. The van der Waals surface area contributed by atoms with Gasteiger partial charge >= 0.3 is 157 Å². The van der Waals surface area contributed by atoms with E-state index in [1.54, 1.807) is 0 Å². The first-order valence-electron chi connectivity index (χ1n) is 9.84. The monoisotopic (exact) mass is 457 g/mol. The van der Waals surface area contributed by atoms with Crippen LogP contribution in [0.15, 0.2) is 9.67 Å². The number of ether oxygens (including phenoxy) is 1. The predicted molar refractivity (Wildman–Crippen MR) is 104 cm³/mol. The van der Waals surface area contributed by atoms with Gasteiger partial charge in [-0.05, 0) is 0 Å². The number of fused-ring (bicyclic) bond motifs is 1. The van der Waals surface area contributed by atoms with Crippen molar-refractivity contribution < 1.29 is 14.3 Å². The summed E-state index contributed by atoms with van der Waals surface area (Å²) in [6, 6.07) is 0. The van der Waals surface area contributed by atoms with Crippen LogP contribution in [0.1, 0.15) is 67.2 Å². The number of nitrogens with zero attached hydrogens (tertiary/aromatic N) is 1. The van der Waals surface area contributed by atoms with Gasteiger partial charge in [-0.25, -0.2) is 0 Å². The van der Waals surface area contributed by atoms with Crippen molar-refractivity contribution in [3.8, 4) is 0 Å². The van der Waals surface area contributed by atoms with Gasteiger partial charge in [-0.3, -0.25) is 0 Å². The summed E-state index contributed by atoms with van der Waals surface area (Å²) in [6.07, 6.45) is 4.52. The first-order chi connectivity index (χ1) is 11.6. The Balaban J connectivity index is 2.22. The van der Waals surface area contributed by atoms with E-state index < -0.39 is 35.5 Å². The van der Waals surface area contributed by atoms with Gasteiger partial charge in [0.15, 0.2) is 0 Å². The van der Waals surface area contributed by atoms with Crippen molar-refractivity contribution in [1.82, 2.24) is 4.90 Å². The first kappa shape index (κ1) is 20.8. The molecule has 0 bridgehead atoms. The number of imide groups is 1. The summed E-state index contributed by atoms with van der Waals surface area (Å²) in [6.45, 7) is 12.5. The third-order valence-electron chi connectivity index (χ3n) is 5.61. The summed E-state index contributed by atoms with van der Waals surface area (Å²) in [4.78, 5) is 26.9. The SMILES string of the molecule is CCC[CH2][Sn]1([CH2]CCC)[CH]=C2CN(C(=O)OC(C)(C)C)C(=O)C2(C)[CH2]1. The molecule has 0 spiro atoms. The molecule has 5 heteroatoms. The van der Waals surface area contributed by atoms with Gasteiger partial charge in [0.2, 0.25) is 0 Å². The average molecular weight is 456 g/mol. The van der Waals surface area contributed by atoms with Crippen LogP contribution in [0.4, 0.5) is 4.79 Å². The number of carbonyl (C=O) groups is 2. The Morgan fingerprint density at radius 1 is 1.24 bits per heavy atom. The van der Waals surface area contributed by atoms with Crippen molar-refractivity contribution >= 4 is 30.4 Å². The van der Waals surface area contributed by atoms with Crippen LogP contribution >= 0.6 is 0 Å². The van der Waals surface area contributed by atoms with Crippen LogP contribution in [0.5, 0.6) is 0 Å². The Hall–Kier alpha value is -0.521. The molecule has 1 atom stereocenters. The molecule has 142 valence electrons. The number of carbonyl (C=O) groups excluding carboxylic acids is 2. The van der Waals surface area contributed by atoms with Crippen molar-refractivity contribution in [3.05, 3.63) is 9.67 Å². The first-order valence-corrected chi connectivity index (χ1v) is 17.5. The van der Waals surface area contributed by atoms with Gasteiger partial charge in [0.1, 0.15) is 0 Å². The van der Waals surface area contributed by atoms with E-state index in [1.807, 2.05) is 20.8 Å². The molecule has 0 saturated carbocycles. The molecule has 0 aromatic carbocycles. The molecule has 4 nitrogen and oxygen atoms in total. The van der Waals surface area contributed by atoms with Crippen molar-refractivity contribution in [2.24, 2.45) is 5.41 Å². The Bertz CT molecular complexity index is 556. The Morgan fingerprint density at radius 3 is 2.24 bits per heavy atom. The standard InChI is InChI=1S/C12H17NO3.2C4H9.Sn/c1-8-7-13(9(14)12(8,5)6)10(15)16-11(2,3)4;2*1-3-4-2;/h1H,5,7H2,2-4,6H3;2*1,3-4H2,2H3;. The summed E-state index contributed by atoms with van der Waals surface area (Å²) in [7, 11) is 0. The van der Waals surface area contributed by atoms with E-state index in [9.17, 15) is 9.59 Å². The molecule has 0 aliphatic carbocycles. The van der Waals surface area contributed by atoms with Gasteiger partial charge < -0.3 is 0 Å². The summed E-state index contributed by atoms with van der Waals surface area (Å²) < 4.78 is 11.8. The third-order valence-corrected chi connectivity index (χ3v) is 20.1. The fourth-order valence-corrected chi connectivity index (χ4v) is 21.6. The van der Waals surface area contributed by atoms with Crippen LogP contribution in [0.2, 0.25) is 13.3 Å². The molecule has 2 heterocycles. The molecule has 0 radical (unpaired) electrons. The van der Waals surface area contributed by atoms with Crippen molar-refractivity contribution in [3.63, 3.8) is 0 Å². The van der Waals surface area contributed by atoms with E-state index in [-0.39, 0.29) is 5.91 Å². The van der Waals surface area contributed by atoms with Crippen molar-refractivity contribution in [2.45, 2.75) is 86.1 Å². The minimum absolute atomic E-state index is 0.0282. The second kappa shape index (κ2) is 7.61. The van der Waals surface area contributed by atoms with Crippen LogP contribution in [0.25, 0.3) is 0 Å². The Kier molecular flexibility index (Phi) is 6.33. The van der Waals surface area contributed by atoms with E-state index in [0.29, 0.717) is 6.54 Å². The Morgan fingerprint density at radius 2 is 1.80 bits per heavy atom. The van der Waals surface area contributed by atoms with Crippen molar-refractivity contribution in [2.75, 3.05) is 6.54 Å². The quantitative estimate of drug-likeness (QED) is 0.510. The van der Waals surface area contributed by atoms with Gasteiger partial charge in [0, 0.05) is 0 Å². The van der Waals surface area contributed by atoms with Gasteiger partial charge in [-0.1, -0.05) is 0 Å². The number of amides is 2. The van der Waals surface area contributed by atoms with Crippen LogP contribution < -0.4 is 0 Å². The summed E-state index contributed by atoms with van der Waals surface area (Å²) in [5, 5.41) is 0. The van der Waals surface area contributed by atoms with E-state index in [4.69, 9.17) is 4.74 Å².